The Morgan fingerprint density at radius 3 is 2.75 bits per heavy atom. The SMILES string of the molecule is O=C(O)c1ccnc(SCCOc2ccc(Cl)cc2)c1. The van der Waals surface area contributed by atoms with Gasteiger partial charge in [-0.15, -0.1) is 11.8 Å². The van der Waals surface area contributed by atoms with Crippen LogP contribution in [0.2, 0.25) is 5.02 Å². The molecule has 104 valence electrons. The molecule has 0 unspecified atom stereocenters. The summed E-state index contributed by atoms with van der Waals surface area (Å²) in [6.07, 6.45) is 1.49. The van der Waals surface area contributed by atoms with Crippen LogP contribution in [0.15, 0.2) is 47.6 Å². The summed E-state index contributed by atoms with van der Waals surface area (Å²) in [7, 11) is 0. The molecule has 0 saturated heterocycles. The summed E-state index contributed by atoms with van der Waals surface area (Å²) in [6.45, 7) is 0.505. The molecule has 1 aromatic carbocycles. The van der Waals surface area contributed by atoms with Crippen molar-refractivity contribution in [1.29, 1.82) is 0 Å². The number of hydrogen-bond donors (Lipinski definition) is 1. The fourth-order valence-electron chi connectivity index (χ4n) is 1.46. The van der Waals surface area contributed by atoms with Crippen molar-refractivity contribution in [3.63, 3.8) is 0 Å². The van der Waals surface area contributed by atoms with Gasteiger partial charge >= 0.3 is 5.97 Å². The molecule has 1 heterocycles. The maximum atomic E-state index is 10.8. The van der Waals surface area contributed by atoms with E-state index in [0.717, 1.165) is 5.75 Å². The molecule has 0 bridgehead atoms. The highest BCUT2D eigenvalue weighted by Gasteiger charge is 2.04. The molecule has 1 aromatic heterocycles. The molecule has 2 rings (SSSR count). The Morgan fingerprint density at radius 1 is 1.30 bits per heavy atom. The van der Waals surface area contributed by atoms with Crippen molar-refractivity contribution in [3.05, 3.63) is 53.2 Å². The van der Waals surface area contributed by atoms with Crippen LogP contribution in [0.25, 0.3) is 0 Å². The third-order valence-corrected chi connectivity index (χ3v) is 3.54. The first-order valence-corrected chi connectivity index (χ1v) is 7.22. The largest absolute Gasteiger partial charge is 0.493 e. The number of ether oxygens (including phenoxy) is 1. The number of aromatic nitrogens is 1. The van der Waals surface area contributed by atoms with Gasteiger partial charge in [0.2, 0.25) is 0 Å². The summed E-state index contributed by atoms with van der Waals surface area (Å²) in [4.78, 5) is 14.9. The summed E-state index contributed by atoms with van der Waals surface area (Å²) >= 11 is 7.23. The first kappa shape index (κ1) is 14.7. The molecular weight excluding hydrogens is 298 g/mol. The Bertz CT molecular complexity index is 589. The second-order valence-electron chi connectivity index (χ2n) is 3.84. The van der Waals surface area contributed by atoms with Crippen LogP contribution in [0.3, 0.4) is 0 Å². The number of pyridine rings is 1. The number of hydrogen-bond acceptors (Lipinski definition) is 4. The van der Waals surface area contributed by atoms with E-state index in [9.17, 15) is 4.79 Å². The number of rotatable bonds is 6. The Morgan fingerprint density at radius 2 is 2.05 bits per heavy atom. The lowest BCUT2D eigenvalue weighted by Crippen LogP contribution is -2.01. The normalized spacial score (nSPS) is 10.2. The topological polar surface area (TPSA) is 59.4 Å². The highest BCUT2D eigenvalue weighted by molar-refractivity contribution is 7.99. The highest BCUT2D eigenvalue weighted by atomic mass is 35.5. The van der Waals surface area contributed by atoms with Crippen LogP contribution in [0, 0.1) is 0 Å². The molecule has 4 nitrogen and oxygen atoms in total. The number of halogens is 1. The molecule has 0 atom stereocenters. The minimum Gasteiger partial charge on any atom is -0.493 e. The maximum absolute atomic E-state index is 10.8. The summed E-state index contributed by atoms with van der Waals surface area (Å²) in [6, 6.07) is 10.2. The van der Waals surface area contributed by atoms with Crippen LogP contribution in [0.4, 0.5) is 0 Å². The lowest BCUT2D eigenvalue weighted by Gasteiger charge is -2.06. The molecule has 0 saturated carbocycles. The van der Waals surface area contributed by atoms with Crippen molar-refractivity contribution in [2.24, 2.45) is 0 Å². The fourth-order valence-corrected chi connectivity index (χ4v) is 2.31. The number of thioether (sulfide) groups is 1. The standard InChI is InChI=1S/C14H12ClNO3S/c15-11-1-3-12(4-2-11)19-7-8-20-13-9-10(14(17)18)5-6-16-13/h1-6,9H,7-8H2,(H,17,18). The van der Waals surface area contributed by atoms with Gasteiger partial charge in [-0.05, 0) is 36.4 Å². The zero-order valence-corrected chi connectivity index (χ0v) is 12.0. The molecule has 0 fully saturated rings. The van der Waals surface area contributed by atoms with Crippen molar-refractivity contribution >= 4 is 29.3 Å². The number of benzene rings is 1. The molecule has 0 aliphatic heterocycles. The summed E-state index contributed by atoms with van der Waals surface area (Å²) in [5.41, 5.74) is 0.237. The maximum Gasteiger partial charge on any atom is 0.335 e. The van der Waals surface area contributed by atoms with Crippen LogP contribution in [-0.2, 0) is 0 Å². The van der Waals surface area contributed by atoms with Gasteiger partial charge in [-0.2, -0.15) is 0 Å². The summed E-state index contributed by atoms with van der Waals surface area (Å²) < 4.78 is 5.54. The fraction of sp³-hybridized carbons (Fsp3) is 0.143. The number of carbonyl (C=O) groups is 1. The number of carboxylic acid groups (broad SMARTS) is 1. The van der Waals surface area contributed by atoms with Gasteiger partial charge < -0.3 is 9.84 Å². The quantitative estimate of drug-likeness (QED) is 0.652. The predicted octanol–water partition coefficient (Wildman–Crippen LogP) is 3.60. The Kier molecular flexibility index (Phi) is 5.26. The molecule has 0 aliphatic carbocycles. The minimum atomic E-state index is -0.952. The van der Waals surface area contributed by atoms with E-state index in [-0.39, 0.29) is 5.56 Å². The lowest BCUT2D eigenvalue weighted by atomic mass is 10.3. The van der Waals surface area contributed by atoms with E-state index in [4.69, 9.17) is 21.4 Å². The van der Waals surface area contributed by atoms with E-state index in [1.165, 1.54) is 24.0 Å². The molecule has 6 heteroatoms. The summed E-state index contributed by atoms with van der Waals surface area (Å²) in [5.74, 6) is 0.479. The first-order chi connectivity index (χ1) is 9.65. The molecule has 2 aromatic rings. The van der Waals surface area contributed by atoms with Gasteiger partial charge in [-0.25, -0.2) is 9.78 Å². The third-order valence-electron chi connectivity index (χ3n) is 2.40. The van der Waals surface area contributed by atoms with Gasteiger partial charge in [0.1, 0.15) is 5.75 Å². The average molecular weight is 310 g/mol. The van der Waals surface area contributed by atoms with Crippen LogP contribution < -0.4 is 4.74 Å². The van der Waals surface area contributed by atoms with Crippen molar-refractivity contribution in [1.82, 2.24) is 4.98 Å². The summed E-state index contributed by atoms with van der Waals surface area (Å²) in [5, 5.41) is 10.2. The van der Waals surface area contributed by atoms with E-state index < -0.39 is 5.97 Å². The molecule has 20 heavy (non-hydrogen) atoms. The van der Waals surface area contributed by atoms with E-state index >= 15 is 0 Å². The molecule has 0 radical (unpaired) electrons. The van der Waals surface area contributed by atoms with E-state index in [1.807, 2.05) is 0 Å². The molecule has 0 aliphatic rings. The monoisotopic (exact) mass is 309 g/mol. The first-order valence-electron chi connectivity index (χ1n) is 5.85. The smallest absolute Gasteiger partial charge is 0.335 e. The third kappa shape index (κ3) is 4.43. The second-order valence-corrected chi connectivity index (χ2v) is 5.39. The van der Waals surface area contributed by atoms with Gasteiger partial charge in [-0.3, -0.25) is 0 Å². The van der Waals surface area contributed by atoms with Crippen LogP contribution >= 0.6 is 23.4 Å². The van der Waals surface area contributed by atoms with Gasteiger partial charge in [0.05, 0.1) is 17.2 Å². The Labute approximate surface area is 125 Å². The van der Waals surface area contributed by atoms with Crippen LogP contribution in [0.1, 0.15) is 10.4 Å². The predicted molar refractivity (Wildman–Crippen MR) is 78.9 cm³/mol. The molecule has 1 N–H and O–H groups in total. The average Bonchev–Trinajstić information content (AvgIpc) is 2.46. The number of aromatic carboxylic acids is 1. The Hall–Kier alpha value is -1.72. The van der Waals surface area contributed by atoms with E-state index in [2.05, 4.69) is 4.98 Å². The molecule has 0 amide bonds. The van der Waals surface area contributed by atoms with Crippen molar-refractivity contribution in [2.45, 2.75) is 5.03 Å². The zero-order chi connectivity index (χ0) is 14.4. The van der Waals surface area contributed by atoms with Crippen LogP contribution in [-0.4, -0.2) is 28.4 Å². The zero-order valence-electron chi connectivity index (χ0n) is 10.5. The minimum absolute atomic E-state index is 0.237. The van der Waals surface area contributed by atoms with E-state index in [1.54, 1.807) is 30.3 Å². The molecular formula is C14H12ClNO3S. The highest BCUT2D eigenvalue weighted by Crippen LogP contribution is 2.18. The van der Waals surface area contributed by atoms with Gasteiger partial charge in [-0.1, -0.05) is 11.6 Å². The van der Waals surface area contributed by atoms with Crippen LogP contribution in [0.5, 0.6) is 5.75 Å². The van der Waals surface area contributed by atoms with Crippen molar-refractivity contribution in [3.8, 4) is 5.75 Å². The number of carboxylic acids is 1. The second kappa shape index (κ2) is 7.17. The van der Waals surface area contributed by atoms with E-state index in [0.29, 0.717) is 22.4 Å². The number of nitrogens with zero attached hydrogens (tertiary/aromatic N) is 1. The van der Waals surface area contributed by atoms with Gasteiger partial charge in [0.15, 0.2) is 0 Å². The van der Waals surface area contributed by atoms with Gasteiger partial charge in [0, 0.05) is 17.0 Å². The van der Waals surface area contributed by atoms with Crippen molar-refractivity contribution in [2.75, 3.05) is 12.4 Å². The van der Waals surface area contributed by atoms with Gasteiger partial charge in [0.25, 0.3) is 0 Å². The lowest BCUT2D eigenvalue weighted by molar-refractivity contribution is 0.0696. The van der Waals surface area contributed by atoms with Crippen molar-refractivity contribution < 1.29 is 14.6 Å². The molecule has 0 spiro atoms. The Balaban J connectivity index is 1.79.